The van der Waals surface area contributed by atoms with Crippen LogP contribution in [0.1, 0.15) is 21.7 Å². The van der Waals surface area contributed by atoms with Crippen molar-refractivity contribution in [1.82, 2.24) is 20.1 Å². The minimum absolute atomic E-state index is 0.0782. The molecule has 0 saturated heterocycles. The normalized spacial score (nSPS) is 11.5. The van der Waals surface area contributed by atoms with Crippen molar-refractivity contribution in [3.8, 4) is 10.6 Å². The van der Waals surface area contributed by atoms with Gasteiger partial charge in [-0.05, 0) is 36.6 Å². The largest absolute Gasteiger partial charge is 0.433 e. The van der Waals surface area contributed by atoms with E-state index in [1.165, 1.54) is 0 Å². The van der Waals surface area contributed by atoms with Gasteiger partial charge in [0.2, 0.25) is 0 Å². The first-order valence-corrected chi connectivity index (χ1v) is 8.62. The summed E-state index contributed by atoms with van der Waals surface area (Å²) in [6, 6.07) is 7.80. The fraction of sp³-hybridized carbons (Fsp3) is 0.235. The Balaban J connectivity index is 1.57. The maximum absolute atomic E-state index is 12.5. The number of nitrogens with one attached hydrogen (secondary N) is 1. The van der Waals surface area contributed by atoms with Gasteiger partial charge in [0.15, 0.2) is 0 Å². The van der Waals surface area contributed by atoms with Crippen molar-refractivity contribution in [2.75, 3.05) is 6.54 Å². The summed E-state index contributed by atoms with van der Waals surface area (Å²) < 4.78 is 39.2. The highest BCUT2D eigenvalue weighted by Crippen LogP contribution is 2.27. The molecule has 0 spiro atoms. The van der Waals surface area contributed by atoms with Crippen molar-refractivity contribution in [2.24, 2.45) is 0 Å². The second-order valence-electron chi connectivity index (χ2n) is 5.56. The van der Waals surface area contributed by atoms with E-state index in [2.05, 4.69) is 15.4 Å². The molecule has 0 radical (unpaired) electrons. The molecule has 0 fully saturated rings. The number of aromatic nitrogens is 3. The van der Waals surface area contributed by atoms with Crippen LogP contribution in [0.4, 0.5) is 13.2 Å². The molecule has 3 heterocycles. The zero-order chi connectivity index (χ0) is 18.7. The molecule has 0 aromatic carbocycles. The Morgan fingerprint density at radius 3 is 2.73 bits per heavy atom. The third-order valence-electron chi connectivity index (χ3n) is 3.68. The standard InChI is InChI=1S/C17H15F3N4OS/c1-11-9-13(14-3-2-8-26-14)23-24(11)7-6-21-16(25)12-4-5-15(22-10-12)17(18,19)20/h2-5,8-10H,6-7H2,1H3,(H,21,25). The first-order chi connectivity index (χ1) is 12.3. The smallest absolute Gasteiger partial charge is 0.350 e. The van der Waals surface area contributed by atoms with E-state index >= 15 is 0 Å². The molecule has 1 N–H and O–H groups in total. The van der Waals surface area contributed by atoms with Crippen molar-refractivity contribution in [1.29, 1.82) is 0 Å². The van der Waals surface area contributed by atoms with Crippen LogP contribution in [-0.2, 0) is 12.7 Å². The first kappa shape index (κ1) is 18.1. The van der Waals surface area contributed by atoms with Gasteiger partial charge >= 0.3 is 6.18 Å². The average Bonchev–Trinajstić information content (AvgIpc) is 3.24. The van der Waals surface area contributed by atoms with E-state index in [1.54, 1.807) is 16.0 Å². The topological polar surface area (TPSA) is 59.8 Å². The monoisotopic (exact) mass is 380 g/mol. The number of nitrogens with zero attached hydrogens (tertiary/aromatic N) is 3. The SMILES string of the molecule is Cc1cc(-c2cccs2)nn1CCNC(=O)c1ccc(C(F)(F)F)nc1. The number of aryl methyl sites for hydroxylation is 1. The molecule has 3 aromatic heterocycles. The highest BCUT2D eigenvalue weighted by molar-refractivity contribution is 7.13. The van der Waals surface area contributed by atoms with Crippen LogP contribution in [0.5, 0.6) is 0 Å². The molecule has 5 nitrogen and oxygen atoms in total. The lowest BCUT2D eigenvalue weighted by atomic mass is 10.2. The highest BCUT2D eigenvalue weighted by Gasteiger charge is 2.32. The molecule has 0 aliphatic heterocycles. The van der Waals surface area contributed by atoms with Crippen LogP contribution in [0.2, 0.25) is 0 Å². The number of alkyl halides is 3. The molecule has 9 heteroatoms. The fourth-order valence-corrected chi connectivity index (χ4v) is 3.04. The molecule has 0 bridgehead atoms. The summed E-state index contributed by atoms with van der Waals surface area (Å²) in [5.41, 5.74) is 0.881. The fourth-order valence-electron chi connectivity index (χ4n) is 2.35. The number of carbonyl (C=O) groups is 1. The second-order valence-corrected chi connectivity index (χ2v) is 6.50. The molecule has 0 atom stereocenters. The number of rotatable bonds is 5. The Morgan fingerprint density at radius 2 is 2.12 bits per heavy atom. The van der Waals surface area contributed by atoms with Crippen LogP contribution >= 0.6 is 11.3 Å². The summed E-state index contributed by atoms with van der Waals surface area (Å²) in [7, 11) is 0. The molecule has 0 saturated carbocycles. The number of carbonyl (C=O) groups excluding carboxylic acids is 1. The van der Waals surface area contributed by atoms with Crippen LogP contribution in [0.25, 0.3) is 10.6 Å². The average molecular weight is 380 g/mol. The number of halogens is 3. The first-order valence-electron chi connectivity index (χ1n) is 7.74. The van der Waals surface area contributed by atoms with Gasteiger partial charge in [-0.15, -0.1) is 11.3 Å². The third-order valence-corrected chi connectivity index (χ3v) is 4.57. The van der Waals surface area contributed by atoms with Crippen LogP contribution < -0.4 is 5.32 Å². The van der Waals surface area contributed by atoms with Crippen molar-refractivity contribution >= 4 is 17.2 Å². The number of hydrogen-bond donors (Lipinski definition) is 1. The maximum Gasteiger partial charge on any atom is 0.433 e. The minimum Gasteiger partial charge on any atom is -0.350 e. The van der Waals surface area contributed by atoms with Gasteiger partial charge in [0.1, 0.15) is 11.4 Å². The molecule has 3 aromatic rings. The predicted molar refractivity (Wildman–Crippen MR) is 91.8 cm³/mol. The van der Waals surface area contributed by atoms with Crippen molar-refractivity contribution in [3.05, 3.63) is 58.9 Å². The van der Waals surface area contributed by atoms with E-state index in [1.807, 2.05) is 30.5 Å². The maximum atomic E-state index is 12.5. The second kappa shape index (κ2) is 7.28. The quantitative estimate of drug-likeness (QED) is 0.733. The van der Waals surface area contributed by atoms with Crippen molar-refractivity contribution in [3.63, 3.8) is 0 Å². The Labute approximate surface area is 151 Å². The van der Waals surface area contributed by atoms with Crippen LogP contribution in [0, 0.1) is 6.92 Å². The lowest BCUT2D eigenvalue weighted by Crippen LogP contribution is -2.28. The van der Waals surface area contributed by atoms with Gasteiger partial charge in [0.05, 0.1) is 17.0 Å². The van der Waals surface area contributed by atoms with E-state index in [9.17, 15) is 18.0 Å². The summed E-state index contributed by atoms with van der Waals surface area (Å²) in [6.07, 6.45) is -3.60. The van der Waals surface area contributed by atoms with Gasteiger partial charge in [-0.3, -0.25) is 14.5 Å². The van der Waals surface area contributed by atoms with Crippen LogP contribution in [0.3, 0.4) is 0 Å². The molecule has 0 aliphatic rings. The number of pyridine rings is 1. The van der Waals surface area contributed by atoms with Gasteiger partial charge in [0, 0.05) is 18.4 Å². The molecule has 0 aliphatic carbocycles. The Hall–Kier alpha value is -2.68. The summed E-state index contributed by atoms with van der Waals surface area (Å²) in [4.78, 5) is 16.4. The van der Waals surface area contributed by atoms with Crippen LogP contribution in [-0.4, -0.2) is 27.2 Å². The van der Waals surface area contributed by atoms with E-state index < -0.39 is 17.8 Å². The molecular weight excluding hydrogens is 365 g/mol. The van der Waals surface area contributed by atoms with Crippen molar-refractivity contribution < 1.29 is 18.0 Å². The highest BCUT2D eigenvalue weighted by atomic mass is 32.1. The van der Waals surface area contributed by atoms with Crippen molar-refractivity contribution in [2.45, 2.75) is 19.6 Å². The zero-order valence-corrected chi connectivity index (χ0v) is 14.6. The van der Waals surface area contributed by atoms with Gasteiger partial charge in [-0.2, -0.15) is 18.3 Å². The summed E-state index contributed by atoms with van der Waals surface area (Å²) in [6.45, 7) is 2.68. The van der Waals surface area contributed by atoms with E-state index in [-0.39, 0.29) is 5.56 Å². The molecule has 0 unspecified atom stereocenters. The predicted octanol–water partition coefficient (Wildman–Crippen LogP) is 3.76. The van der Waals surface area contributed by atoms with Crippen LogP contribution in [0.15, 0.2) is 41.9 Å². The third kappa shape index (κ3) is 4.10. The van der Waals surface area contributed by atoms with E-state index in [0.29, 0.717) is 13.1 Å². The molecule has 1 amide bonds. The van der Waals surface area contributed by atoms with Gasteiger partial charge < -0.3 is 5.32 Å². The Bertz CT molecular complexity index is 886. The molecular formula is C17H15F3N4OS. The van der Waals surface area contributed by atoms with Gasteiger partial charge in [-0.25, -0.2) is 0 Å². The summed E-state index contributed by atoms with van der Waals surface area (Å²) >= 11 is 1.59. The number of hydrogen-bond acceptors (Lipinski definition) is 4. The number of thiophene rings is 1. The zero-order valence-electron chi connectivity index (χ0n) is 13.7. The Morgan fingerprint density at radius 1 is 1.31 bits per heavy atom. The lowest BCUT2D eigenvalue weighted by Gasteiger charge is -2.08. The Kier molecular flexibility index (Phi) is 5.08. The number of amides is 1. The molecule has 3 rings (SSSR count). The lowest BCUT2D eigenvalue weighted by molar-refractivity contribution is -0.141. The van der Waals surface area contributed by atoms with Gasteiger partial charge in [-0.1, -0.05) is 6.07 Å². The van der Waals surface area contributed by atoms with E-state index in [4.69, 9.17) is 0 Å². The summed E-state index contributed by atoms with van der Waals surface area (Å²) in [5.74, 6) is -0.477. The summed E-state index contributed by atoms with van der Waals surface area (Å²) in [5, 5.41) is 9.13. The van der Waals surface area contributed by atoms with E-state index in [0.717, 1.165) is 34.6 Å². The van der Waals surface area contributed by atoms with Gasteiger partial charge in [0.25, 0.3) is 5.91 Å². The minimum atomic E-state index is -4.52. The molecule has 136 valence electrons. The molecule has 26 heavy (non-hydrogen) atoms.